The van der Waals surface area contributed by atoms with E-state index in [9.17, 15) is 8.42 Å². The van der Waals surface area contributed by atoms with Crippen molar-refractivity contribution in [1.82, 2.24) is 14.3 Å². The minimum atomic E-state index is -3.99. The molecule has 35 heavy (non-hydrogen) atoms. The molecule has 0 spiro atoms. The van der Waals surface area contributed by atoms with Gasteiger partial charge in [-0.3, -0.25) is 0 Å². The second kappa shape index (κ2) is 10.4. The highest BCUT2D eigenvalue weighted by Gasteiger charge is 2.29. The van der Waals surface area contributed by atoms with Crippen LogP contribution in [0, 0.1) is 0 Å². The van der Waals surface area contributed by atoms with E-state index in [-0.39, 0.29) is 17.5 Å². The van der Waals surface area contributed by atoms with Gasteiger partial charge in [-0.15, -0.1) is 0 Å². The molecule has 1 fully saturated rings. The van der Waals surface area contributed by atoms with Gasteiger partial charge in [0.2, 0.25) is 5.95 Å². The Morgan fingerprint density at radius 3 is 2.40 bits per heavy atom. The van der Waals surface area contributed by atoms with E-state index < -0.39 is 10.3 Å². The molecule has 5 N–H and O–H groups in total. The van der Waals surface area contributed by atoms with E-state index in [4.69, 9.17) is 20.4 Å². The number of nitrogens with zero attached hydrogens (tertiary/aromatic N) is 3. The summed E-state index contributed by atoms with van der Waals surface area (Å²) in [7, 11) is -2.16. The molecule has 0 amide bonds. The van der Waals surface area contributed by atoms with E-state index in [2.05, 4.69) is 15.3 Å². The minimum Gasteiger partial charge on any atom is -0.493 e. The molecule has 1 aliphatic heterocycles. The molecule has 3 aromatic rings. The summed E-state index contributed by atoms with van der Waals surface area (Å²) in [5.41, 5.74) is 15.3. The van der Waals surface area contributed by atoms with E-state index in [1.165, 1.54) is 4.31 Å². The zero-order valence-corrected chi connectivity index (χ0v) is 20.6. The summed E-state index contributed by atoms with van der Waals surface area (Å²) in [4.78, 5) is 8.04. The molecule has 1 aromatic heterocycles. The lowest BCUT2D eigenvalue weighted by atomic mass is 9.98. The maximum absolute atomic E-state index is 13.1. The van der Waals surface area contributed by atoms with Crippen molar-refractivity contribution >= 4 is 27.8 Å². The molecule has 10 nitrogen and oxygen atoms in total. The first-order valence-corrected chi connectivity index (χ1v) is 12.8. The van der Waals surface area contributed by atoms with Crippen molar-refractivity contribution in [3.05, 3.63) is 53.7 Å². The van der Waals surface area contributed by atoms with Gasteiger partial charge < -0.3 is 25.7 Å². The van der Waals surface area contributed by atoms with E-state index in [0.29, 0.717) is 43.0 Å². The molecule has 4 rings (SSSR count). The Morgan fingerprint density at radius 1 is 1.09 bits per heavy atom. The highest BCUT2D eigenvalue weighted by molar-refractivity contribution is 7.84. The molecule has 2 aromatic carbocycles. The van der Waals surface area contributed by atoms with Crippen LogP contribution in [0.25, 0.3) is 11.1 Å². The third-order valence-electron chi connectivity index (χ3n) is 5.78. The van der Waals surface area contributed by atoms with Gasteiger partial charge in [0.15, 0.2) is 5.75 Å². The molecule has 2 heterocycles. The SMILES string of the molecule is CCOc1cc(Cc2cnc(N)nc2N)cc(OS(=O)(=O)N2CCCC2)c1-c1ccc(NC)cc1. The molecular formula is C24H30N6O4S. The van der Waals surface area contributed by atoms with Crippen LogP contribution in [-0.2, 0) is 16.7 Å². The maximum atomic E-state index is 13.1. The number of anilines is 3. The Hall–Kier alpha value is -3.57. The first-order chi connectivity index (χ1) is 16.8. The topological polar surface area (TPSA) is 146 Å². The molecule has 0 saturated carbocycles. The number of benzene rings is 2. The predicted octanol–water partition coefficient (Wildman–Crippen LogP) is 3.06. The van der Waals surface area contributed by atoms with Gasteiger partial charge in [-0.05, 0) is 55.2 Å². The molecule has 186 valence electrons. The lowest BCUT2D eigenvalue weighted by molar-refractivity contribution is 0.339. The van der Waals surface area contributed by atoms with Crippen molar-refractivity contribution in [3.8, 4) is 22.6 Å². The number of aromatic nitrogens is 2. The Morgan fingerprint density at radius 2 is 1.77 bits per heavy atom. The molecule has 11 heteroatoms. The first kappa shape index (κ1) is 24.6. The number of nitrogens with two attached hydrogens (primary N) is 2. The van der Waals surface area contributed by atoms with Gasteiger partial charge in [0, 0.05) is 44.0 Å². The lowest BCUT2D eigenvalue weighted by Crippen LogP contribution is -2.32. The van der Waals surface area contributed by atoms with Crippen molar-refractivity contribution < 1.29 is 17.3 Å². The van der Waals surface area contributed by atoms with Gasteiger partial charge in [0.25, 0.3) is 0 Å². The number of hydrogen-bond donors (Lipinski definition) is 3. The monoisotopic (exact) mass is 498 g/mol. The summed E-state index contributed by atoms with van der Waals surface area (Å²) >= 11 is 0. The van der Waals surface area contributed by atoms with Crippen LogP contribution in [0.1, 0.15) is 30.9 Å². The van der Waals surface area contributed by atoms with Gasteiger partial charge in [-0.1, -0.05) is 12.1 Å². The standard InChI is InChI=1S/C24H30N6O4S/c1-3-33-20-13-16(12-18-15-28-24(26)29-23(18)25)14-21(34-35(31,32)30-10-4-5-11-30)22(20)17-6-8-19(27-2)9-7-17/h6-9,13-15,27H,3-5,10-12H2,1-2H3,(H4,25,26,28,29). The van der Waals surface area contributed by atoms with Crippen molar-refractivity contribution in [2.45, 2.75) is 26.2 Å². The number of ether oxygens (including phenoxy) is 1. The zero-order chi connectivity index (χ0) is 25.0. The Bertz CT molecular complexity index is 1290. The fraction of sp³-hybridized carbons (Fsp3) is 0.333. The van der Waals surface area contributed by atoms with Crippen LogP contribution in [0.5, 0.6) is 11.5 Å². The Kier molecular flexibility index (Phi) is 7.27. The number of hydrogen-bond acceptors (Lipinski definition) is 9. The van der Waals surface area contributed by atoms with Crippen LogP contribution in [0.15, 0.2) is 42.6 Å². The fourth-order valence-electron chi connectivity index (χ4n) is 4.04. The molecule has 0 unspecified atom stereocenters. The van der Waals surface area contributed by atoms with E-state index in [1.807, 2.05) is 44.3 Å². The van der Waals surface area contributed by atoms with Crippen molar-refractivity contribution in [3.63, 3.8) is 0 Å². The summed E-state index contributed by atoms with van der Waals surface area (Å²) in [6.45, 7) is 3.13. The summed E-state index contributed by atoms with van der Waals surface area (Å²) in [5, 5.41) is 3.08. The summed E-state index contributed by atoms with van der Waals surface area (Å²) < 4.78 is 39.3. The molecule has 0 atom stereocenters. The van der Waals surface area contributed by atoms with Gasteiger partial charge >= 0.3 is 10.3 Å². The number of nitrogen functional groups attached to an aromatic ring is 2. The van der Waals surface area contributed by atoms with Crippen LogP contribution in [0.4, 0.5) is 17.5 Å². The molecule has 0 bridgehead atoms. The van der Waals surface area contributed by atoms with Gasteiger partial charge in [-0.25, -0.2) is 4.98 Å². The van der Waals surface area contributed by atoms with Gasteiger partial charge in [-0.2, -0.15) is 17.7 Å². The molecule has 1 aliphatic rings. The van der Waals surface area contributed by atoms with Crippen molar-refractivity contribution in [1.29, 1.82) is 0 Å². The highest BCUT2D eigenvalue weighted by atomic mass is 32.2. The van der Waals surface area contributed by atoms with E-state index in [1.54, 1.807) is 12.3 Å². The second-order valence-electron chi connectivity index (χ2n) is 8.19. The summed E-state index contributed by atoms with van der Waals surface area (Å²) in [6.07, 6.45) is 3.51. The smallest absolute Gasteiger partial charge is 0.385 e. The van der Waals surface area contributed by atoms with Crippen LogP contribution in [0.3, 0.4) is 0 Å². The molecule has 1 saturated heterocycles. The zero-order valence-electron chi connectivity index (χ0n) is 19.8. The van der Waals surface area contributed by atoms with Crippen LogP contribution < -0.4 is 25.7 Å². The lowest BCUT2D eigenvalue weighted by Gasteiger charge is -2.21. The third-order valence-corrected chi connectivity index (χ3v) is 7.16. The van der Waals surface area contributed by atoms with Crippen LogP contribution >= 0.6 is 0 Å². The largest absolute Gasteiger partial charge is 0.493 e. The van der Waals surface area contributed by atoms with Gasteiger partial charge in [0.1, 0.15) is 11.6 Å². The van der Waals surface area contributed by atoms with E-state index in [0.717, 1.165) is 29.7 Å². The minimum absolute atomic E-state index is 0.0855. The van der Waals surface area contributed by atoms with Crippen molar-refractivity contribution in [2.24, 2.45) is 0 Å². The summed E-state index contributed by atoms with van der Waals surface area (Å²) in [5.74, 6) is 1.03. The average molecular weight is 499 g/mol. The molecule has 0 radical (unpaired) electrons. The molecular weight excluding hydrogens is 468 g/mol. The Balaban J connectivity index is 1.83. The average Bonchev–Trinajstić information content (AvgIpc) is 3.37. The first-order valence-electron chi connectivity index (χ1n) is 11.4. The van der Waals surface area contributed by atoms with Crippen molar-refractivity contribution in [2.75, 3.05) is 43.5 Å². The third kappa shape index (κ3) is 5.57. The predicted molar refractivity (Wildman–Crippen MR) is 137 cm³/mol. The second-order valence-corrected chi connectivity index (χ2v) is 9.73. The number of nitrogens with one attached hydrogen (secondary N) is 1. The quantitative estimate of drug-likeness (QED) is 0.405. The van der Waals surface area contributed by atoms with Crippen LogP contribution in [-0.4, -0.2) is 49.4 Å². The molecule has 0 aliphatic carbocycles. The maximum Gasteiger partial charge on any atom is 0.385 e. The van der Waals surface area contributed by atoms with Gasteiger partial charge in [0.05, 0.1) is 12.2 Å². The summed E-state index contributed by atoms with van der Waals surface area (Å²) in [6, 6.07) is 11.2. The number of rotatable bonds is 9. The highest BCUT2D eigenvalue weighted by Crippen LogP contribution is 2.42. The fourth-order valence-corrected chi connectivity index (χ4v) is 5.21. The van der Waals surface area contributed by atoms with E-state index >= 15 is 0 Å². The normalized spacial score (nSPS) is 14.1. The van der Waals surface area contributed by atoms with Crippen LogP contribution in [0.2, 0.25) is 0 Å². The Labute approximate surface area is 205 Å².